The Labute approximate surface area is 79.7 Å². The molecule has 13 heavy (non-hydrogen) atoms. The van der Waals surface area contributed by atoms with Crippen molar-refractivity contribution in [3.63, 3.8) is 0 Å². The van der Waals surface area contributed by atoms with Gasteiger partial charge < -0.3 is 10.0 Å². The van der Waals surface area contributed by atoms with E-state index in [9.17, 15) is 9.90 Å². The van der Waals surface area contributed by atoms with Gasteiger partial charge in [-0.1, -0.05) is 20.8 Å². The fraction of sp³-hybridized carbons (Fsp3) is 0.900. The number of likely N-dealkylation sites (tertiary alicyclic amines) is 1. The van der Waals surface area contributed by atoms with E-state index in [1.165, 1.54) is 0 Å². The minimum atomic E-state index is -0.591. The highest BCUT2D eigenvalue weighted by Crippen LogP contribution is 2.25. The van der Waals surface area contributed by atoms with Gasteiger partial charge in [-0.2, -0.15) is 0 Å². The molecule has 1 N–H and O–H groups in total. The number of rotatable bonds is 3. The minimum absolute atomic E-state index is 0.174. The van der Waals surface area contributed by atoms with Crippen molar-refractivity contribution in [1.82, 2.24) is 4.90 Å². The molecule has 0 aromatic heterocycles. The first-order chi connectivity index (χ1) is 5.97. The number of hydrogen-bond donors (Lipinski definition) is 1. The van der Waals surface area contributed by atoms with Crippen molar-refractivity contribution in [2.45, 2.75) is 39.2 Å². The van der Waals surface area contributed by atoms with Crippen molar-refractivity contribution in [2.75, 3.05) is 13.1 Å². The molecule has 0 radical (unpaired) electrons. The third-order valence-corrected chi connectivity index (χ3v) is 2.56. The largest absolute Gasteiger partial charge is 0.386 e. The van der Waals surface area contributed by atoms with E-state index < -0.39 is 5.60 Å². The average molecular weight is 185 g/mol. The molecule has 1 heterocycles. The van der Waals surface area contributed by atoms with E-state index in [0.29, 0.717) is 25.4 Å². The Kier molecular flexibility index (Phi) is 2.96. The minimum Gasteiger partial charge on any atom is -0.386 e. The number of β-amino-alcohol motifs (C(OH)–C–C–N with tert-alkyl or cyclic N) is 1. The highest BCUT2D eigenvalue weighted by atomic mass is 16.3. The van der Waals surface area contributed by atoms with Crippen LogP contribution < -0.4 is 0 Å². The van der Waals surface area contributed by atoms with E-state index in [4.69, 9.17) is 0 Å². The van der Waals surface area contributed by atoms with Crippen LogP contribution in [0.5, 0.6) is 0 Å². The fourth-order valence-electron chi connectivity index (χ4n) is 1.54. The van der Waals surface area contributed by atoms with E-state index in [-0.39, 0.29) is 5.91 Å². The highest BCUT2D eigenvalue weighted by molar-refractivity contribution is 5.77. The molecule has 0 saturated carbocycles. The normalized spacial score (nSPS) is 20.2. The number of amides is 1. The summed E-state index contributed by atoms with van der Waals surface area (Å²) in [5, 5.41) is 9.68. The van der Waals surface area contributed by atoms with Crippen LogP contribution in [0.4, 0.5) is 0 Å². The van der Waals surface area contributed by atoms with Gasteiger partial charge in [0.1, 0.15) is 0 Å². The Morgan fingerprint density at radius 1 is 1.54 bits per heavy atom. The third kappa shape index (κ3) is 2.44. The van der Waals surface area contributed by atoms with Gasteiger partial charge in [-0.3, -0.25) is 4.79 Å². The first-order valence-corrected chi connectivity index (χ1v) is 4.97. The van der Waals surface area contributed by atoms with Gasteiger partial charge in [-0.15, -0.1) is 0 Å². The molecule has 0 unspecified atom stereocenters. The molecule has 1 aliphatic heterocycles. The molecule has 1 aliphatic rings. The maximum Gasteiger partial charge on any atom is 0.223 e. The molecule has 0 aromatic carbocycles. The molecule has 0 aromatic rings. The third-order valence-electron chi connectivity index (χ3n) is 2.56. The zero-order valence-electron chi connectivity index (χ0n) is 8.71. The summed E-state index contributed by atoms with van der Waals surface area (Å²) in [6.07, 6.45) is 1.33. The molecule has 1 amide bonds. The van der Waals surface area contributed by atoms with Gasteiger partial charge in [0, 0.05) is 6.42 Å². The second kappa shape index (κ2) is 3.66. The maximum absolute atomic E-state index is 11.5. The Hall–Kier alpha value is -0.570. The molecule has 1 fully saturated rings. The number of aliphatic hydroxyl groups is 1. The molecule has 0 spiro atoms. The zero-order chi connectivity index (χ0) is 10.1. The standard InChI is InChI=1S/C10H19NO2/c1-4-10(13)6-11(7-10)9(12)5-8(2)3/h8,13H,4-7H2,1-3H3. The molecular formula is C10H19NO2. The summed E-state index contributed by atoms with van der Waals surface area (Å²) in [6, 6.07) is 0. The summed E-state index contributed by atoms with van der Waals surface area (Å²) in [7, 11) is 0. The summed E-state index contributed by atoms with van der Waals surface area (Å²) in [6.45, 7) is 7.06. The van der Waals surface area contributed by atoms with Crippen LogP contribution in [0.3, 0.4) is 0 Å². The Balaban J connectivity index is 2.31. The summed E-state index contributed by atoms with van der Waals surface area (Å²) in [5.74, 6) is 0.580. The number of carbonyl (C=O) groups is 1. The van der Waals surface area contributed by atoms with Crippen LogP contribution in [0.15, 0.2) is 0 Å². The van der Waals surface area contributed by atoms with Crippen LogP contribution in [0.2, 0.25) is 0 Å². The van der Waals surface area contributed by atoms with Gasteiger partial charge in [0.15, 0.2) is 0 Å². The van der Waals surface area contributed by atoms with Crippen molar-refractivity contribution < 1.29 is 9.90 Å². The molecule has 1 rings (SSSR count). The van der Waals surface area contributed by atoms with Crippen LogP contribution in [0.25, 0.3) is 0 Å². The number of carbonyl (C=O) groups excluding carboxylic acids is 1. The second-order valence-electron chi connectivity index (χ2n) is 4.43. The molecule has 3 nitrogen and oxygen atoms in total. The van der Waals surface area contributed by atoms with Crippen LogP contribution in [-0.4, -0.2) is 34.6 Å². The summed E-state index contributed by atoms with van der Waals surface area (Å²) in [4.78, 5) is 13.2. The number of hydrogen-bond acceptors (Lipinski definition) is 2. The van der Waals surface area contributed by atoms with Gasteiger partial charge in [-0.05, 0) is 12.3 Å². The van der Waals surface area contributed by atoms with Crippen LogP contribution >= 0.6 is 0 Å². The van der Waals surface area contributed by atoms with E-state index in [2.05, 4.69) is 0 Å². The predicted molar refractivity (Wildman–Crippen MR) is 51.3 cm³/mol. The second-order valence-corrected chi connectivity index (χ2v) is 4.43. The quantitative estimate of drug-likeness (QED) is 0.713. The first kappa shape index (κ1) is 10.5. The molecule has 1 saturated heterocycles. The fourth-order valence-corrected chi connectivity index (χ4v) is 1.54. The summed E-state index contributed by atoms with van der Waals surface area (Å²) >= 11 is 0. The zero-order valence-corrected chi connectivity index (χ0v) is 8.71. The maximum atomic E-state index is 11.5. The Bertz CT molecular complexity index is 195. The van der Waals surface area contributed by atoms with E-state index in [1.54, 1.807) is 4.90 Å². The van der Waals surface area contributed by atoms with Crippen molar-refractivity contribution in [2.24, 2.45) is 5.92 Å². The molecule has 3 heteroatoms. The lowest BCUT2D eigenvalue weighted by Crippen LogP contribution is -2.63. The van der Waals surface area contributed by atoms with Crippen molar-refractivity contribution in [3.8, 4) is 0 Å². The van der Waals surface area contributed by atoms with Crippen molar-refractivity contribution in [3.05, 3.63) is 0 Å². The number of nitrogens with zero attached hydrogens (tertiary/aromatic N) is 1. The molecular weight excluding hydrogens is 166 g/mol. The van der Waals surface area contributed by atoms with Crippen molar-refractivity contribution in [1.29, 1.82) is 0 Å². The summed E-state index contributed by atoms with van der Waals surface area (Å²) < 4.78 is 0. The molecule has 0 atom stereocenters. The SMILES string of the molecule is CCC1(O)CN(C(=O)CC(C)C)C1. The molecule has 76 valence electrons. The molecule has 0 aliphatic carbocycles. The van der Waals surface area contributed by atoms with Crippen molar-refractivity contribution >= 4 is 5.91 Å². The van der Waals surface area contributed by atoms with Crippen LogP contribution in [-0.2, 0) is 4.79 Å². The Morgan fingerprint density at radius 3 is 2.46 bits per heavy atom. The lowest BCUT2D eigenvalue weighted by atomic mass is 9.90. The smallest absolute Gasteiger partial charge is 0.223 e. The Morgan fingerprint density at radius 2 is 2.08 bits per heavy atom. The lowest BCUT2D eigenvalue weighted by molar-refractivity contribution is -0.156. The van der Waals surface area contributed by atoms with Crippen LogP contribution in [0.1, 0.15) is 33.6 Å². The average Bonchev–Trinajstić information content (AvgIpc) is 1.97. The monoisotopic (exact) mass is 185 g/mol. The lowest BCUT2D eigenvalue weighted by Gasteiger charge is -2.46. The van der Waals surface area contributed by atoms with Gasteiger partial charge in [0.25, 0.3) is 0 Å². The topological polar surface area (TPSA) is 40.5 Å². The van der Waals surface area contributed by atoms with Crippen LogP contribution in [0, 0.1) is 5.92 Å². The van der Waals surface area contributed by atoms with Gasteiger partial charge in [-0.25, -0.2) is 0 Å². The van der Waals surface area contributed by atoms with E-state index in [0.717, 1.165) is 6.42 Å². The van der Waals surface area contributed by atoms with E-state index in [1.807, 2.05) is 20.8 Å². The van der Waals surface area contributed by atoms with E-state index >= 15 is 0 Å². The summed E-state index contributed by atoms with van der Waals surface area (Å²) in [5.41, 5.74) is -0.591. The highest BCUT2D eigenvalue weighted by Gasteiger charge is 2.41. The first-order valence-electron chi connectivity index (χ1n) is 4.97. The molecule has 0 bridgehead atoms. The predicted octanol–water partition coefficient (Wildman–Crippen LogP) is 1.02. The van der Waals surface area contributed by atoms with Gasteiger partial charge >= 0.3 is 0 Å². The van der Waals surface area contributed by atoms with Gasteiger partial charge in [0.05, 0.1) is 18.7 Å². The van der Waals surface area contributed by atoms with Gasteiger partial charge in [0.2, 0.25) is 5.91 Å².